The van der Waals surface area contributed by atoms with Crippen LogP contribution in [0.5, 0.6) is 0 Å². The predicted octanol–water partition coefficient (Wildman–Crippen LogP) is 3.39. The van der Waals surface area contributed by atoms with E-state index in [-0.39, 0.29) is 22.1 Å². The van der Waals surface area contributed by atoms with E-state index in [0.29, 0.717) is 17.8 Å². The van der Waals surface area contributed by atoms with Crippen molar-refractivity contribution in [3.8, 4) is 0 Å². The van der Waals surface area contributed by atoms with Crippen LogP contribution in [-0.2, 0) is 14.6 Å². The molecule has 0 aliphatic rings. The van der Waals surface area contributed by atoms with E-state index in [1.54, 1.807) is 37.3 Å². The fraction of sp³-hybridized carbons (Fsp3) is 0.263. The molecule has 2 N–H and O–H groups in total. The molecule has 6 nitrogen and oxygen atoms in total. The molecule has 0 aliphatic heterocycles. The minimum atomic E-state index is -3.53. The molecule has 2 rings (SSSR count). The number of aryl methyl sites for hydroxylation is 1. The van der Waals surface area contributed by atoms with Gasteiger partial charge in [0.05, 0.1) is 16.2 Å². The van der Waals surface area contributed by atoms with Crippen LogP contribution in [0.4, 0.5) is 11.4 Å². The first-order valence-electron chi connectivity index (χ1n) is 8.26. The molecule has 0 fully saturated rings. The highest BCUT2D eigenvalue weighted by molar-refractivity contribution is 7.91. The van der Waals surface area contributed by atoms with E-state index >= 15 is 0 Å². The van der Waals surface area contributed by atoms with Crippen molar-refractivity contribution in [2.24, 2.45) is 0 Å². The molecular weight excluding hydrogens is 352 g/mol. The molecule has 0 aromatic heterocycles. The molecule has 7 heteroatoms. The van der Waals surface area contributed by atoms with Gasteiger partial charge < -0.3 is 10.6 Å². The predicted molar refractivity (Wildman–Crippen MR) is 102 cm³/mol. The standard InChI is InChI=1S/C19H22N2O4S/c1-4-11-26(24,25)18-8-6-5-7-16(18)19(23)21-15-10-9-13(2)17(12-15)20-14(3)22/h5-10,12H,4,11H2,1-3H3,(H,20,22)(H,21,23). The summed E-state index contributed by atoms with van der Waals surface area (Å²) in [6.07, 6.45) is 0.469. The fourth-order valence-corrected chi connectivity index (χ4v) is 4.07. The van der Waals surface area contributed by atoms with Crippen molar-refractivity contribution in [3.05, 3.63) is 53.6 Å². The van der Waals surface area contributed by atoms with E-state index in [2.05, 4.69) is 10.6 Å². The summed E-state index contributed by atoms with van der Waals surface area (Å²) in [4.78, 5) is 23.9. The van der Waals surface area contributed by atoms with Crippen LogP contribution in [0.1, 0.15) is 36.2 Å². The first-order chi connectivity index (χ1) is 12.2. The van der Waals surface area contributed by atoms with E-state index in [9.17, 15) is 18.0 Å². The third kappa shape index (κ3) is 4.70. The SMILES string of the molecule is CCCS(=O)(=O)c1ccccc1C(=O)Nc1ccc(C)c(NC(C)=O)c1. The molecule has 0 atom stereocenters. The second kappa shape index (κ2) is 8.14. The maximum absolute atomic E-state index is 12.6. The number of rotatable bonds is 6. The van der Waals surface area contributed by atoms with Gasteiger partial charge in [-0.2, -0.15) is 0 Å². The summed E-state index contributed by atoms with van der Waals surface area (Å²) in [6, 6.07) is 11.2. The summed E-state index contributed by atoms with van der Waals surface area (Å²) in [7, 11) is -3.53. The Hall–Kier alpha value is -2.67. The number of benzene rings is 2. The number of sulfone groups is 1. The highest BCUT2D eigenvalue weighted by Crippen LogP contribution is 2.23. The summed E-state index contributed by atoms with van der Waals surface area (Å²) < 4.78 is 24.8. The largest absolute Gasteiger partial charge is 0.326 e. The van der Waals surface area contributed by atoms with Crippen LogP contribution in [0, 0.1) is 6.92 Å². The molecule has 2 aromatic carbocycles. The summed E-state index contributed by atoms with van der Waals surface area (Å²) in [5.41, 5.74) is 2.00. The first kappa shape index (κ1) is 19.7. The van der Waals surface area contributed by atoms with Gasteiger partial charge in [-0.15, -0.1) is 0 Å². The third-order valence-corrected chi connectivity index (χ3v) is 5.72. The Morgan fingerprint density at radius 3 is 2.38 bits per heavy atom. The Bertz CT molecular complexity index is 936. The number of carbonyl (C=O) groups is 2. The molecule has 0 heterocycles. The van der Waals surface area contributed by atoms with E-state index in [1.165, 1.54) is 19.1 Å². The topological polar surface area (TPSA) is 92.3 Å². The van der Waals surface area contributed by atoms with Gasteiger partial charge in [0.1, 0.15) is 0 Å². The van der Waals surface area contributed by atoms with E-state index < -0.39 is 15.7 Å². The first-order valence-corrected chi connectivity index (χ1v) is 9.91. The normalized spacial score (nSPS) is 11.0. The lowest BCUT2D eigenvalue weighted by Crippen LogP contribution is -2.18. The summed E-state index contributed by atoms with van der Waals surface area (Å²) >= 11 is 0. The van der Waals surface area contributed by atoms with E-state index in [4.69, 9.17) is 0 Å². The average molecular weight is 374 g/mol. The number of amides is 2. The number of hydrogen-bond donors (Lipinski definition) is 2. The lowest BCUT2D eigenvalue weighted by Gasteiger charge is -2.12. The Morgan fingerprint density at radius 2 is 1.73 bits per heavy atom. The minimum Gasteiger partial charge on any atom is -0.326 e. The van der Waals surface area contributed by atoms with Gasteiger partial charge in [0.2, 0.25) is 5.91 Å². The fourth-order valence-electron chi connectivity index (χ4n) is 2.53. The van der Waals surface area contributed by atoms with Gasteiger partial charge in [0.15, 0.2) is 9.84 Å². The van der Waals surface area contributed by atoms with E-state index in [1.807, 2.05) is 6.92 Å². The molecule has 2 aromatic rings. The van der Waals surface area contributed by atoms with Crippen LogP contribution in [0.15, 0.2) is 47.4 Å². The minimum absolute atomic E-state index is 0.0193. The molecule has 0 bridgehead atoms. The molecule has 0 unspecified atom stereocenters. The second-order valence-electron chi connectivity index (χ2n) is 5.98. The average Bonchev–Trinajstić information content (AvgIpc) is 2.57. The molecular formula is C19H22N2O4S. The van der Waals surface area contributed by atoms with Crippen LogP contribution >= 0.6 is 0 Å². The quantitative estimate of drug-likeness (QED) is 0.811. The molecule has 0 spiro atoms. The van der Waals surface area contributed by atoms with Gasteiger partial charge in [0, 0.05) is 18.3 Å². The van der Waals surface area contributed by atoms with Crippen molar-refractivity contribution in [3.63, 3.8) is 0 Å². The van der Waals surface area contributed by atoms with Crippen molar-refractivity contribution < 1.29 is 18.0 Å². The third-order valence-electron chi connectivity index (χ3n) is 3.75. The van der Waals surface area contributed by atoms with Crippen molar-refractivity contribution in [1.29, 1.82) is 0 Å². The summed E-state index contributed by atoms with van der Waals surface area (Å²) in [5.74, 6) is -0.750. The van der Waals surface area contributed by atoms with Crippen molar-refractivity contribution in [2.75, 3.05) is 16.4 Å². The van der Waals surface area contributed by atoms with E-state index in [0.717, 1.165) is 5.56 Å². The number of anilines is 2. The number of carbonyl (C=O) groups excluding carboxylic acids is 2. The number of hydrogen-bond acceptors (Lipinski definition) is 4. The lowest BCUT2D eigenvalue weighted by atomic mass is 10.1. The van der Waals surface area contributed by atoms with Gasteiger partial charge in [0.25, 0.3) is 5.91 Å². The van der Waals surface area contributed by atoms with Gasteiger partial charge >= 0.3 is 0 Å². The molecule has 0 saturated heterocycles. The van der Waals surface area contributed by atoms with Crippen molar-refractivity contribution in [1.82, 2.24) is 0 Å². The van der Waals surface area contributed by atoms with Crippen LogP contribution in [0.25, 0.3) is 0 Å². The monoisotopic (exact) mass is 374 g/mol. The van der Waals surface area contributed by atoms with Crippen molar-refractivity contribution in [2.45, 2.75) is 32.1 Å². The zero-order chi connectivity index (χ0) is 19.3. The molecule has 138 valence electrons. The summed E-state index contributed by atoms with van der Waals surface area (Å²) in [6.45, 7) is 5.01. The maximum atomic E-state index is 12.6. The molecule has 0 aliphatic carbocycles. The Morgan fingerprint density at radius 1 is 1.04 bits per heavy atom. The Labute approximate surface area is 153 Å². The smallest absolute Gasteiger partial charge is 0.256 e. The highest BCUT2D eigenvalue weighted by Gasteiger charge is 2.21. The maximum Gasteiger partial charge on any atom is 0.256 e. The van der Waals surface area contributed by atoms with Crippen LogP contribution in [-0.4, -0.2) is 26.0 Å². The lowest BCUT2D eigenvalue weighted by molar-refractivity contribution is -0.114. The number of nitrogens with one attached hydrogen (secondary N) is 2. The second-order valence-corrected chi connectivity index (χ2v) is 8.06. The van der Waals surface area contributed by atoms with Crippen molar-refractivity contribution >= 4 is 33.0 Å². The molecule has 0 saturated carbocycles. The van der Waals surface area contributed by atoms with Gasteiger partial charge in [-0.05, 0) is 43.2 Å². The summed E-state index contributed by atoms with van der Waals surface area (Å²) in [5, 5.41) is 5.39. The Balaban J connectivity index is 2.33. The van der Waals surface area contributed by atoms with Gasteiger partial charge in [-0.3, -0.25) is 9.59 Å². The van der Waals surface area contributed by atoms with Gasteiger partial charge in [-0.25, -0.2) is 8.42 Å². The molecule has 0 radical (unpaired) electrons. The van der Waals surface area contributed by atoms with Crippen LogP contribution < -0.4 is 10.6 Å². The molecule has 2 amide bonds. The highest BCUT2D eigenvalue weighted by atomic mass is 32.2. The van der Waals surface area contributed by atoms with Gasteiger partial charge in [-0.1, -0.05) is 25.1 Å². The van der Waals surface area contributed by atoms with Crippen LogP contribution in [0.2, 0.25) is 0 Å². The zero-order valence-corrected chi connectivity index (χ0v) is 15.8. The molecule has 26 heavy (non-hydrogen) atoms. The zero-order valence-electron chi connectivity index (χ0n) is 15.0. The van der Waals surface area contributed by atoms with Crippen LogP contribution in [0.3, 0.4) is 0 Å². The Kier molecular flexibility index (Phi) is 6.15.